The number of nitrogens with one attached hydrogen (secondary N) is 2. The van der Waals surface area contributed by atoms with Gasteiger partial charge in [-0.1, -0.05) is 49.2 Å². The van der Waals surface area contributed by atoms with Crippen LogP contribution in [-0.4, -0.2) is 17.2 Å². The third-order valence-electron chi connectivity index (χ3n) is 7.54. The Labute approximate surface area is 233 Å². The molecule has 3 aromatic rings. The minimum absolute atomic E-state index is 0.00684. The highest BCUT2D eigenvalue weighted by Gasteiger charge is 2.49. The zero-order valence-electron chi connectivity index (χ0n) is 21.9. The molecule has 0 aliphatic heterocycles. The second kappa shape index (κ2) is 12.2. The summed E-state index contributed by atoms with van der Waals surface area (Å²) in [6.07, 6.45) is -7.85. The largest absolute Gasteiger partial charge is 0.417 e. The molecule has 0 bridgehead atoms. The van der Waals surface area contributed by atoms with E-state index in [0.717, 1.165) is 12.1 Å². The monoisotopic (exact) mass is 574 g/mol. The molecule has 0 spiro atoms. The minimum atomic E-state index is -4.67. The number of halogens is 6. The molecule has 1 aliphatic carbocycles. The molecule has 4 rings (SSSR count). The molecule has 2 aromatic carbocycles. The molecule has 1 heterocycles. The van der Waals surface area contributed by atoms with Crippen LogP contribution in [0.1, 0.15) is 54.5 Å². The van der Waals surface area contributed by atoms with E-state index >= 15 is 0 Å². The van der Waals surface area contributed by atoms with E-state index in [1.807, 2.05) is 6.07 Å². The Morgan fingerprint density at radius 3 is 2.24 bits per heavy atom. The molecule has 2 N–H and O–H groups in total. The molecular formula is C30H28F6N4O. The Bertz CT molecular complexity index is 1370. The molecule has 1 aliphatic rings. The van der Waals surface area contributed by atoms with Crippen LogP contribution in [0.3, 0.4) is 0 Å². The first-order chi connectivity index (χ1) is 19.4. The minimum Gasteiger partial charge on any atom is -0.326 e. The number of hydrogen-bond donors (Lipinski definition) is 2. The number of nitriles is 1. The van der Waals surface area contributed by atoms with Crippen molar-refractivity contribution in [3.8, 4) is 6.07 Å². The summed E-state index contributed by atoms with van der Waals surface area (Å²) in [5.74, 6) is -2.45. The van der Waals surface area contributed by atoms with Crippen molar-refractivity contribution in [3.05, 3.63) is 95.3 Å². The summed E-state index contributed by atoms with van der Waals surface area (Å²) >= 11 is 0. The van der Waals surface area contributed by atoms with Crippen LogP contribution >= 0.6 is 0 Å². The zero-order valence-corrected chi connectivity index (χ0v) is 21.9. The number of carbonyl (C=O) groups is 1. The molecule has 1 aromatic heterocycles. The van der Waals surface area contributed by atoms with Gasteiger partial charge in [-0.15, -0.1) is 0 Å². The van der Waals surface area contributed by atoms with Crippen LogP contribution < -0.4 is 10.6 Å². The molecule has 216 valence electrons. The highest BCUT2D eigenvalue weighted by Crippen LogP contribution is 2.46. The summed E-state index contributed by atoms with van der Waals surface area (Å²) in [7, 11) is 0. The number of pyridine rings is 1. The van der Waals surface area contributed by atoms with Gasteiger partial charge in [0.2, 0.25) is 0 Å². The molecular weight excluding hydrogens is 546 g/mol. The van der Waals surface area contributed by atoms with E-state index in [2.05, 4.69) is 15.6 Å². The van der Waals surface area contributed by atoms with Crippen LogP contribution in [0, 0.1) is 23.2 Å². The van der Waals surface area contributed by atoms with Crippen molar-refractivity contribution in [2.45, 2.75) is 56.4 Å². The molecule has 0 radical (unpaired) electrons. The normalized spacial score (nSPS) is 19.3. The van der Waals surface area contributed by atoms with E-state index < -0.39 is 41.3 Å². The number of hydrogen-bond acceptors (Lipinski definition) is 3. The van der Waals surface area contributed by atoms with Gasteiger partial charge >= 0.3 is 18.4 Å². The number of carbonyl (C=O) groups excluding carboxylic acids is 1. The molecule has 0 saturated heterocycles. The highest BCUT2D eigenvalue weighted by molar-refractivity contribution is 5.90. The molecule has 1 saturated carbocycles. The fourth-order valence-electron chi connectivity index (χ4n) is 5.53. The first-order valence-electron chi connectivity index (χ1n) is 13.1. The van der Waals surface area contributed by atoms with Gasteiger partial charge in [0, 0.05) is 18.3 Å². The molecule has 2 amide bonds. The van der Waals surface area contributed by atoms with Gasteiger partial charge < -0.3 is 10.6 Å². The van der Waals surface area contributed by atoms with Gasteiger partial charge in [-0.05, 0) is 61.1 Å². The third kappa shape index (κ3) is 7.37. The lowest BCUT2D eigenvalue weighted by Crippen LogP contribution is -2.55. The number of nitrogens with zero attached hydrogens (tertiary/aromatic N) is 2. The maximum Gasteiger partial charge on any atom is 0.417 e. The average Bonchev–Trinajstić information content (AvgIpc) is 3.20. The lowest BCUT2D eigenvalue weighted by molar-refractivity contribution is -0.181. The Kier molecular flexibility index (Phi) is 8.90. The fourth-order valence-corrected chi connectivity index (χ4v) is 5.53. The summed E-state index contributed by atoms with van der Waals surface area (Å²) in [5.41, 5.74) is -1.36. The Morgan fingerprint density at radius 2 is 1.63 bits per heavy atom. The molecule has 41 heavy (non-hydrogen) atoms. The molecule has 1 fully saturated rings. The Morgan fingerprint density at radius 1 is 0.927 bits per heavy atom. The van der Waals surface area contributed by atoms with Crippen LogP contribution in [-0.2, 0) is 18.1 Å². The van der Waals surface area contributed by atoms with Crippen LogP contribution in [0.2, 0.25) is 0 Å². The van der Waals surface area contributed by atoms with Crippen LogP contribution in [0.5, 0.6) is 0 Å². The second-order valence-electron chi connectivity index (χ2n) is 10.3. The molecule has 3 atom stereocenters. The van der Waals surface area contributed by atoms with Gasteiger partial charge in [0.1, 0.15) is 0 Å². The van der Waals surface area contributed by atoms with Crippen molar-refractivity contribution in [2.75, 3.05) is 5.32 Å². The average molecular weight is 575 g/mol. The zero-order chi connectivity index (χ0) is 29.7. The number of urea groups is 1. The highest BCUT2D eigenvalue weighted by atomic mass is 19.4. The second-order valence-corrected chi connectivity index (χ2v) is 10.3. The van der Waals surface area contributed by atoms with Gasteiger partial charge in [-0.25, -0.2) is 4.79 Å². The summed E-state index contributed by atoms with van der Waals surface area (Å²) in [6.45, 7) is 0. The van der Waals surface area contributed by atoms with Gasteiger partial charge in [0.15, 0.2) is 0 Å². The van der Waals surface area contributed by atoms with Crippen molar-refractivity contribution in [1.82, 2.24) is 10.3 Å². The quantitative estimate of drug-likeness (QED) is 0.231. The van der Waals surface area contributed by atoms with E-state index in [0.29, 0.717) is 31.0 Å². The molecule has 11 heteroatoms. The maximum absolute atomic E-state index is 14.1. The topological polar surface area (TPSA) is 77.8 Å². The van der Waals surface area contributed by atoms with Crippen LogP contribution in [0.4, 0.5) is 36.8 Å². The third-order valence-corrected chi connectivity index (χ3v) is 7.54. The van der Waals surface area contributed by atoms with E-state index in [1.54, 1.807) is 42.5 Å². The molecule has 3 unspecified atom stereocenters. The number of rotatable bonds is 6. The lowest BCUT2D eigenvalue weighted by atomic mass is 9.71. The number of benzene rings is 2. The fraction of sp³-hybridized carbons (Fsp3) is 0.367. The Balaban J connectivity index is 1.83. The first-order valence-corrected chi connectivity index (χ1v) is 13.1. The SMILES string of the molecule is N#Cc1cccc(NC(=O)NC(Cc2ccccc2)(c2ccc(C(F)(F)F)cn2)C2CCCCC(C(F)(F)F)C2)c1. The summed E-state index contributed by atoms with van der Waals surface area (Å²) in [5, 5.41) is 14.7. The summed E-state index contributed by atoms with van der Waals surface area (Å²) < 4.78 is 82.4. The van der Waals surface area contributed by atoms with Crippen LogP contribution in [0.15, 0.2) is 72.9 Å². The number of anilines is 1. The van der Waals surface area contributed by atoms with Crippen molar-refractivity contribution in [2.24, 2.45) is 11.8 Å². The number of aromatic nitrogens is 1. The van der Waals surface area contributed by atoms with E-state index in [1.165, 1.54) is 12.1 Å². The molecule has 5 nitrogen and oxygen atoms in total. The van der Waals surface area contributed by atoms with E-state index in [4.69, 9.17) is 0 Å². The van der Waals surface area contributed by atoms with Gasteiger partial charge in [-0.2, -0.15) is 31.6 Å². The lowest BCUT2D eigenvalue weighted by Gasteiger charge is -2.42. The van der Waals surface area contributed by atoms with E-state index in [9.17, 15) is 36.4 Å². The first kappa shape index (κ1) is 29.9. The number of alkyl halides is 6. The van der Waals surface area contributed by atoms with E-state index in [-0.39, 0.29) is 36.2 Å². The maximum atomic E-state index is 14.1. The van der Waals surface area contributed by atoms with Crippen molar-refractivity contribution >= 4 is 11.7 Å². The summed E-state index contributed by atoms with van der Waals surface area (Å²) in [6, 6.07) is 17.9. The summed E-state index contributed by atoms with van der Waals surface area (Å²) in [4.78, 5) is 17.6. The predicted molar refractivity (Wildman–Crippen MR) is 140 cm³/mol. The van der Waals surface area contributed by atoms with Gasteiger partial charge in [-0.3, -0.25) is 4.98 Å². The standard InChI is InChI=1S/C30H28F6N4O/c31-29(32,33)23-11-5-4-10-22(16-23)28(17-20-7-2-1-3-8-20,26-14-13-24(19-38-26)30(34,35)36)40-27(41)39-25-12-6-9-21(15-25)18-37/h1-3,6-9,12-15,19,22-23H,4-5,10-11,16-17H2,(H2,39,40,41). The van der Waals surface area contributed by atoms with Crippen molar-refractivity contribution in [3.63, 3.8) is 0 Å². The predicted octanol–water partition coefficient (Wildman–Crippen LogP) is 7.99. The van der Waals surface area contributed by atoms with Crippen LogP contribution in [0.25, 0.3) is 0 Å². The number of amides is 2. The smallest absolute Gasteiger partial charge is 0.326 e. The Hall–Kier alpha value is -4.07. The van der Waals surface area contributed by atoms with Crippen molar-refractivity contribution in [1.29, 1.82) is 5.26 Å². The van der Waals surface area contributed by atoms with Crippen molar-refractivity contribution < 1.29 is 31.1 Å². The van der Waals surface area contributed by atoms with Gasteiger partial charge in [0.25, 0.3) is 0 Å². The van der Waals surface area contributed by atoms with Gasteiger partial charge in [0.05, 0.1) is 34.3 Å².